The summed E-state index contributed by atoms with van der Waals surface area (Å²) in [5, 5.41) is 3.79. The average Bonchev–Trinajstić information content (AvgIpc) is 2.61. The molecule has 0 radical (unpaired) electrons. The Kier molecular flexibility index (Phi) is 5.70. The van der Waals surface area contributed by atoms with Crippen LogP contribution in [0, 0.1) is 11.8 Å². The van der Waals surface area contributed by atoms with Crippen LogP contribution in [0.1, 0.15) is 65.7 Å². The van der Waals surface area contributed by atoms with Gasteiger partial charge in [0.2, 0.25) is 0 Å². The van der Waals surface area contributed by atoms with E-state index in [-0.39, 0.29) is 0 Å². The highest BCUT2D eigenvalue weighted by Gasteiger charge is 2.40. The molecule has 2 bridgehead atoms. The fraction of sp³-hybridized carbons (Fsp3) is 1.00. The number of piperidine rings is 1. The van der Waals surface area contributed by atoms with Gasteiger partial charge in [-0.25, -0.2) is 0 Å². The molecule has 2 aliphatic heterocycles. The van der Waals surface area contributed by atoms with Crippen LogP contribution in [-0.2, 0) is 0 Å². The van der Waals surface area contributed by atoms with Gasteiger partial charge in [-0.1, -0.05) is 33.6 Å². The monoisotopic (exact) mass is 266 g/mol. The lowest BCUT2D eigenvalue weighted by atomic mass is 9.82. The van der Waals surface area contributed by atoms with Gasteiger partial charge in [-0.3, -0.25) is 0 Å². The van der Waals surface area contributed by atoms with E-state index in [4.69, 9.17) is 0 Å². The van der Waals surface area contributed by atoms with Crippen molar-refractivity contribution in [2.24, 2.45) is 11.8 Å². The van der Waals surface area contributed by atoms with Gasteiger partial charge < -0.3 is 10.2 Å². The molecule has 0 aromatic rings. The first-order valence-electron chi connectivity index (χ1n) is 8.57. The number of nitrogens with zero attached hydrogens (tertiary/aromatic N) is 1. The normalized spacial score (nSPS) is 33.0. The van der Waals surface area contributed by atoms with Gasteiger partial charge in [-0.15, -0.1) is 0 Å². The lowest BCUT2D eigenvalue weighted by Crippen LogP contribution is -2.47. The summed E-state index contributed by atoms with van der Waals surface area (Å²) in [5.74, 6) is 1.79. The fourth-order valence-corrected chi connectivity index (χ4v) is 4.29. The van der Waals surface area contributed by atoms with Crippen LogP contribution >= 0.6 is 0 Å². The number of rotatable bonds is 7. The summed E-state index contributed by atoms with van der Waals surface area (Å²) in [6.45, 7) is 8.09. The summed E-state index contributed by atoms with van der Waals surface area (Å²) in [6.07, 6.45) is 9.95. The van der Waals surface area contributed by atoms with Gasteiger partial charge in [0.25, 0.3) is 0 Å². The van der Waals surface area contributed by atoms with Crippen molar-refractivity contribution in [1.82, 2.24) is 10.2 Å². The molecule has 0 amide bonds. The van der Waals surface area contributed by atoms with Gasteiger partial charge in [0.05, 0.1) is 0 Å². The Bertz CT molecular complexity index is 250. The zero-order valence-corrected chi connectivity index (χ0v) is 13.5. The van der Waals surface area contributed by atoms with Crippen LogP contribution < -0.4 is 5.32 Å². The average molecular weight is 266 g/mol. The van der Waals surface area contributed by atoms with Crippen molar-refractivity contribution in [3.05, 3.63) is 0 Å². The van der Waals surface area contributed by atoms with E-state index in [1.807, 2.05) is 0 Å². The molecule has 2 heterocycles. The maximum absolute atomic E-state index is 3.79. The first-order valence-corrected chi connectivity index (χ1v) is 8.57. The summed E-state index contributed by atoms with van der Waals surface area (Å²) in [5.41, 5.74) is 0. The quantitative estimate of drug-likeness (QED) is 0.756. The molecule has 0 saturated carbocycles. The minimum atomic E-state index is 0.778. The molecule has 2 aliphatic rings. The molecule has 0 aliphatic carbocycles. The molecule has 2 heteroatoms. The van der Waals surface area contributed by atoms with E-state index in [1.165, 1.54) is 44.9 Å². The van der Waals surface area contributed by atoms with Crippen LogP contribution in [0.4, 0.5) is 0 Å². The molecule has 3 unspecified atom stereocenters. The predicted octanol–water partition coefficient (Wildman–Crippen LogP) is 3.66. The van der Waals surface area contributed by atoms with E-state index in [0.717, 1.165) is 36.5 Å². The number of hydrogen-bond acceptors (Lipinski definition) is 2. The molecular weight excluding hydrogens is 232 g/mol. The molecule has 1 N–H and O–H groups in total. The molecule has 2 fully saturated rings. The summed E-state index contributed by atoms with van der Waals surface area (Å²) < 4.78 is 0. The van der Waals surface area contributed by atoms with Crippen LogP contribution in [0.3, 0.4) is 0 Å². The fourth-order valence-electron chi connectivity index (χ4n) is 4.29. The Hall–Kier alpha value is -0.0800. The van der Waals surface area contributed by atoms with Crippen molar-refractivity contribution in [1.29, 1.82) is 0 Å². The van der Waals surface area contributed by atoms with Crippen molar-refractivity contribution in [2.75, 3.05) is 13.6 Å². The second-order valence-corrected chi connectivity index (χ2v) is 7.27. The lowest BCUT2D eigenvalue weighted by molar-refractivity contribution is 0.109. The zero-order valence-electron chi connectivity index (χ0n) is 13.5. The number of nitrogens with one attached hydrogen (secondary N) is 1. The third kappa shape index (κ3) is 3.95. The van der Waals surface area contributed by atoms with E-state index in [1.54, 1.807) is 0 Å². The summed E-state index contributed by atoms with van der Waals surface area (Å²) in [6, 6.07) is 2.55. The summed E-state index contributed by atoms with van der Waals surface area (Å²) in [4.78, 5) is 2.66. The van der Waals surface area contributed by atoms with Gasteiger partial charge in [-0.05, 0) is 57.5 Å². The Morgan fingerprint density at radius 1 is 1.11 bits per heavy atom. The predicted molar refractivity (Wildman–Crippen MR) is 83.5 cm³/mol. The Morgan fingerprint density at radius 3 is 2.26 bits per heavy atom. The second-order valence-electron chi connectivity index (χ2n) is 7.27. The topological polar surface area (TPSA) is 15.3 Å². The Morgan fingerprint density at radius 2 is 1.74 bits per heavy atom. The first kappa shape index (κ1) is 15.3. The highest BCUT2D eigenvalue weighted by atomic mass is 15.2. The summed E-state index contributed by atoms with van der Waals surface area (Å²) in [7, 11) is 2.35. The van der Waals surface area contributed by atoms with Crippen LogP contribution in [0.2, 0.25) is 0 Å². The van der Waals surface area contributed by atoms with Crippen LogP contribution in [0.25, 0.3) is 0 Å². The molecule has 19 heavy (non-hydrogen) atoms. The van der Waals surface area contributed by atoms with Crippen molar-refractivity contribution in [3.8, 4) is 0 Å². The smallest absolute Gasteiger partial charge is 0.00989 e. The number of hydrogen-bond donors (Lipinski definition) is 1. The van der Waals surface area contributed by atoms with E-state index < -0.39 is 0 Å². The molecule has 2 nitrogen and oxygen atoms in total. The van der Waals surface area contributed by atoms with E-state index >= 15 is 0 Å². The van der Waals surface area contributed by atoms with Gasteiger partial charge in [0.15, 0.2) is 0 Å². The van der Waals surface area contributed by atoms with Crippen molar-refractivity contribution in [2.45, 2.75) is 83.8 Å². The van der Waals surface area contributed by atoms with E-state index in [9.17, 15) is 0 Å². The van der Waals surface area contributed by atoms with Crippen LogP contribution in [0.5, 0.6) is 0 Å². The van der Waals surface area contributed by atoms with Crippen molar-refractivity contribution >= 4 is 0 Å². The lowest BCUT2D eigenvalue weighted by Gasteiger charge is -2.40. The zero-order chi connectivity index (χ0) is 13.8. The molecule has 0 aromatic heterocycles. The first-order chi connectivity index (χ1) is 9.11. The summed E-state index contributed by atoms with van der Waals surface area (Å²) >= 11 is 0. The molecule has 2 saturated heterocycles. The van der Waals surface area contributed by atoms with Gasteiger partial charge >= 0.3 is 0 Å². The van der Waals surface area contributed by atoms with Crippen LogP contribution in [0.15, 0.2) is 0 Å². The van der Waals surface area contributed by atoms with Gasteiger partial charge in [0.1, 0.15) is 0 Å². The van der Waals surface area contributed by atoms with E-state index in [0.29, 0.717) is 0 Å². The van der Waals surface area contributed by atoms with Gasteiger partial charge in [0, 0.05) is 18.1 Å². The third-order valence-corrected chi connectivity index (χ3v) is 5.47. The SMILES string of the molecule is CCNC(CCCC(C)C)C1CC2CCC(C1)N2C. The molecular formula is C17H34N2. The molecule has 0 aromatic carbocycles. The largest absolute Gasteiger partial charge is 0.314 e. The third-order valence-electron chi connectivity index (χ3n) is 5.47. The van der Waals surface area contributed by atoms with Crippen molar-refractivity contribution in [3.63, 3.8) is 0 Å². The highest BCUT2D eigenvalue weighted by Crippen LogP contribution is 2.39. The molecule has 2 rings (SSSR count). The molecule has 3 atom stereocenters. The van der Waals surface area contributed by atoms with Crippen LogP contribution in [-0.4, -0.2) is 36.6 Å². The Labute approximate surface area is 120 Å². The molecule has 0 spiro atoms. The minimum absolute atomic E-state index is 0.778. The Balaban J connectivity index is 1.85. The standard InChI is InChI=1S/C17H34N2/c1-5-18-17(8-6-7-13(2)3)14-11-15-9-10-16(12-14)19(15)4/h13-18H,5-12H2,1-4H3. The van der Waals surface area contributed by atoms with E-state index in [2.05, 4.69) is 38.0 Å². The maximum atomic E-state index is 3.79. The minimum Gasteiger partial charge on any atom is -0.314 e. The molecule has 112 valence electrons. The second kappa shape index (κ2) is 7.08. The van der Waals surface area contributed by atoms with Crippen molar-refractivity contribution < 1.29 is 0 Å². The number of fused-ring (bicyclic) bond motifs is 2. The van der Waals surface area contributed by atoms with Gasteiger partial charge in [-0.2, -0.15) is 0 Å². The highest BCUT2D eigenvalue weighted by molar-refractivity contribution is 4.96. The maximum Gasteiger partial charge on any atom is 0.00989 e.